The number of carbonyl (C=O) groups excluding carboxylic acids is 1. The van der Waals surface area contributed by atoms with Crippen molar-refractivity contribution < 1.29 is 32.8 Å². The third kappa shape index (κ3) is 10.7. The van der Waals surface area contributed by atoms with E-state index in [9.17, 15) is 14.9 Å². The Balaban J connectivity index is 1.31. The highest BCUT2D eigenvalue weighted by molar-refractivity contribution is 7.44. The maximum atomic E-state index is 13.3. The average molecular weight is 916 g/mol. The van der Waals surface area contributed by atoms with Crippen LogP contribution >= 0.6 is 8.53 Å². The zero-order chi connectivity index (χ0) is 47.0. The number of rotatable bonds is 20. The molecule has 1 aliphatic rings. The number of methoxy groups -OCH3 is 2. The van der Waals surface area contributed by atoms with Crippen LogP contribution < -0.4 is 20.3 Å². The fourth-order valence-corrected chi connectivity index (χ4v) is 9.86. The predicted octanol–water partition coefficient (Wildman–Crippen LogP) is 9.04. The lowest BCUT2D eigenvalue weighted by molar-refractivity contribution is -0.118. The number of fused-ring (bicyclic) bond motifs is 1. The molecule has 2 aromatic heterocycles. The highest BCUT2D eigenvalue weighted by Gasteiger charge is 2.45. The van der Waals surface area contributed by atoms with Crippen LogP contribution in [0, 0.1) is 17.2 Å². The van der Waals surface area contributed by atoms with Gasteiger partial charge in [-0.25, -0.2) is 9.65 Å². The highest BCUT2D eigenvalue weighted by atomic mass is 31.2. The summed E-state index contributed by atoms with van der Waals surface area (Å²) in [6, 6.07) is 35.8. The van der Waals surface area contributed by atoms with Gasteiger partial charge < -0.3 is 28.0 Å². The number of benzene rings is 4. The molecule has 1 fully saturated rings. The van der Waals surface area contributed by atoms with Crippen LogP contribution in [0.2, 0.25) is 0 Å². The van der Waals surface area contributed by atoms with Crippen LogP contribution in [0.5, 0.6) is 11.5 Å². The molecule has 7 rings (SSSR count). The van der Waals surface area contributed by atoms with E-state index in [1.165, 1.54) is 6.33 Å². The van der Waals surface area contributed by atoms with Crippen molar-refractivity contribution in [3.05, 3.63) is 148 Å². The summed E-state index contributed by atoms with van der Waals surface area (Å²) >= 11 is 0. The first-order valence-corrected chi connectivity index (χ1v) is 23.2. The number of anilines is 1. The van der Waals surface area contributed by atoms with E-state index in [1.54, 1.807) is 32.6 Å². The van der Waals surface area contributed by atoms with Crippen molar-refractivity contribution in [2.75, 3.05) is 26.1 Å². The fourth-order valence-electron chi connectivity index (χ4n) is 8.09. The highest BCUT2D eigenvalue weighted by Crippen LogP contribution is 2.51. The van der Waals surface area contributed by atoms with Crippen LogP contribution in [0.25, 0.3) is 11.2 Å². The van der Waals surface area contributed by atoms with Crippen LogP contribution in [-0.4, -0.2) is 75.2 Å². The van der Waals surface area contributed by atoms with Gasteiger partial charge in [-0.3, -0.25) is 24.5 Å². The quantitative estimate of drug-likeness (QED) is 0.0550. The van der Waals surface area contributed by atoms with E-state index >= 15 is 0 Å². The maximum Gasteiger partial charge on any atom is 0.280 e. The molecular formula is C50H58N7O8P. The lowest BCUT2D eigenvalue weighted by atomic mass is 9.80. The molecule has 0 aliphatic carbocycles. The lowest BCUT2D eigenvalue weighted by Gasteiger charge is -2.39. The number of aromatic amines is 1. The minimum atomic E-state index is -1.72. The van der Waals surface area contributed by atoms with Crippen molar-refractivity contribution in [2.24, 2.45) is 5.92 Å². The van der Waals surface area contributed by atoms with Gasteiger partial charge in [-0.2, -0.15) is 10.2 Å². The standard InChI is InChI=1S/C50H58N7O8P/c1-32(2)47(58)54-49-53-46-45(48(59)55-49)52-31-56(46)44-28-42(65-66(57(33(3)4)34(5)6)63-29-36-16-14-35(15-17-36)26-27-51)43(64-44)30-62-50(37-12-10-9-11-13-37,38-18-22-40(60-7)23-19-38)39-20-24-41(61-8)25-21-39/h9-25,31-34,42-44H,26,28-30H2,1-8H3,(H2,53,54,55,58,59)/t42-,43+,44+,66?/m0/s1. The summed E-state index contributed by atoms with van der Waals surface area (Å²) in [6.07, 6.45) is 0.122. The minimum absolute atomic E-state index is 0.00680. The Morgan fingerprint density at radius 1 is 0.894 bits per heavy atom. The molecule has 2 N–H and O–H groups in total. The second kappa shape index (κ2) is 21.5. The number of aromatic nitrogens is 4. The SMILES string of the molecule is COc1ccc(C(OC[C@H]2O[C@@H](n3cnc4c(=O)[nH]c(NC(=O)C(C)C)nc43)C[C@@H]2OP(OCc2ccc(CC#N)cc2)N(C(C)C)C(C)C)(c2ccccc2)c2ccc(OC)cc2)cc1. The number of H-pyrrole nitrogens is 1. The van der Waals surface area contributed by atoms with Gasteiger partial charge >= 0.3 is 0 Å². The summed E-state index contributed by atoms with van der Waals surface area (Å²) in [4.78, 5) is 37.8. The van der Waals surface area contributed by atoms with Crippen LogP contribution in [0.4, 0.5) is 5.95 Å². The molecule has 1 saturated heterocycles. The number of amides is 1. The summed E-state index contributed by atoms with van der Waals surface area (Å²) in [5.41, 5.74) is 3.12. The molecule has 1 aliphatic heterocycles. The summed E-state index contributed by atoms with van der Waals surface area (Å²) in [5, 5.41) is 11.9. The largest absolute Gasteiger partial charge is 0.497 e. The molecule has 16 heteroatoms. The van der Waals surface area contributed by atoms with Gasteiger partial charge in [0.25, 0.3) is 14.1 Å². The Hall–Kier alpha value is -5.98. The number of nitriles is 1. The van der Waals surface area contributed by atoms with Crippen molar-refractivity contribution >= 4 is 31.5 Å². The third-order valence-corrected chi connectivity index (χ3v) is 13.5. The molecule has 0 bridgehead atoms. The molecule has 4 aromatic carbocycles. The van der Waals surface area contributed by atoms with E-state index in [2.05, 4.69) is 58.7 Å². The number of nitrogens with one attached hydrogen (secondary N) is 2. The first-order valence-electron chi connectivity index (χ1n) is 22.1. The van der Waals surface area contributed by atoms with Gasteiger partial charge in [-0.1, -0.05) is 92.7 Å². The Morgan fingerprint density at radius 3 is 2.05 bits per heavy atom. The third-order valence-electron chi connectivity index (χ3n) is 11.4. The van der Waals surface area contributed by atoms with Crippen molar-refractivity contribution in [2.45, 2.75) is 97.1 Å². The van der Waals surface area contributed by atoms with Gasteiger partial charge in [-0.05, 0) is 79.8 Å². The normalized spacial score (nSPS) is 16.9. The zero-order valence-corrected chi connectivity index (χ0v) is 39.5. The second-order valence-corrected chi connectivity index (χ2v) is 18.3. The minimum Gasteiger partial charge on any atom is -0.497 e. The Kier molecular flexibility index (Phi) is 15.7. The van der Waals surface area contributed by atoms with Crippen molar-refractivity contribution in [3.8, 4) is 17.6 Å². The molecule has 0 saturated carbocycles. The molecule has 6 aromatic rings. The van der Waals surface area contributed by atoms with Crippen LogP contribution in [0.3, 0.4) is 0 Å². The molecule has 0 radical (unpaired) electrons. The van der Waals surface area contributed by atoms with E-state index in [4.69, 9.17) is 28.0 Å². The van der Waals surface area contributed by atoms with Crippen LogP contribution in [-0.2, 0) is 41.9 Å². The topological polar surface area (TPSA) is 175 Å². The number of ether oxygens (including phenoxy) is 4. The Labute approximate surface area is 387 Å². The van der Waals surface area contributed by atoms with E-state index in [-0.39, 0.29) is 54.2 Å². The zero-order valence-electron chi connectivity index (χ0n) is 38.6. The number of nitrogens with zero attached hydrogens (tertiary/aromatic N) is 5. The number of hydrogen-bond donors (Lipinski definition) is 2. The van der Waals surface area contributed by atoms with Gasteiger partial charge in [-0.15, -0.1) is 0 Å². The molecule has 15 nitrogen and oxygen atoms in total. The smallest absolute Gasteiger partial charge is 0.280 e. The first-order chi connectivity index (χ1) is 31.8. The lowest BCUT2D eigenvalue weighted by Crippen LogP contribution is -2.39. The van der Waals surface area contributed by atoms with Gasteiger partial charge in [0.15, 0.2) is 11.2 Å². The molecule has 3 heterocycles. The molecule has 66 heavy (non-hydrogen) atoms. The van der Waals surface area contributed by atoms with Crippen molar-refractivity contribution in [3.63, 3.8) is 0 Å². The maximum absolute atomic E-state index is 13.3. The van der Waals surface area contributed by atoms with Crippen LogP contribution in [0.1, 0.15) is 82.0 Å². The van der Waals surface area contributed by atoms with E-state index in [0.717, 1.165) is 27.8 Å². The average Bonchev–Trinajstić information content (AvgIpc) is 3.93. The molecule has 1 amide bonds. The van der Waals surface area contributed by atoms with Gasteiger partial charge in [0, 0.05) is 24.4 Å². The van der Waals surface area contributed by atoms with E-state index in [1.807, 2.05) is 103 Å². The first kappa shape index (κ1) is 48.0. The predicted molar refractivity (Wildman–Crippen MR) is 253 cm³/mol. The van der Waals surface area contributed by atoms with Crippen molar-refractivity contribution in [1.82, 2.24) is 24.2 Å². The van der Waals surface area contributed by atoms with E-state index < -0.39 is 38.1 Å². The molecule has 0 spiro atoms. The van der Waals surface area contributed by atoms with Crippen molar-refractivity contribution in [1.29, 1.82) is 5.26 Å². The number of imidazole rings is 1. The van der Waals surface area contributed by atoms with Gasteiger partial charge in [0.2, 0.25) is 11.9 Å². The Morgan fingerprint density at radius 2 is 1.48 bits per heavy atom. The second-order valence-electron chi connectivity index (χ2n) is 16.9. The molecular weight excluding hydrogens is 858 g/mol. The fraction of sp³-hybridized carbons (Fsp3) is 0.380. The molecule has 346 valence electrons. The monoisotopic (exact) mass is 915 g/mol. The molecule has 1 unspecified atom stereocenters. The van der Waals surface area contributed by atoms with Gasteiger partial charge in [0.05, 0.1) is 52.4 Å². The summed E-state index contributed by atoms with van der Waals surface area (Å²) in [5.74, 6) is 0.761. The Bertz CT molecular complexity index is 2580. The number of hydrogen-bond acceptors (Lipinski definition) is 12. The van der Waals surface area contributed by atoms with Crippen LogP contribution in [0.15, 0.2) is 114 Å². The molecule has 4 atom stereocenters. The van der Waals surface area contributed by atoms with E-state index in [0.29, 0.717) is 24.3 Å². The van der Waals surface area contributed by atoms with Gasteiger partial charge in [0.1, 0.15) is 29.4 Å². The summed E-state index contributed by atoms with van der Waals surface area (Å²) < 4.78 is 43.5. The summed E-state index contributed by atoms with van der Waals surface area (Å²) in [7, 11) is 1.55. The number of carbonyl (C=O) groups is 1. The summed E-state index contributed by atoms with van der Waals surface area (Å²) in [6.45, 7) is 12.3.